The summed E-state index contributed by atoms with van der Waals surface area (Å²) < 4.78 is 0. The summed E-state index contributed by atoms with van der Waals surface area (Å²) in [6.07, 6.45) is 1.10. The van der Waals surface area contributed by atoms with E-state index in [9.17, 15) is 15.0 Å². The lowest BCUT2D eigenvalue weighted by atomic mass is 10.1. The summed E-state index contributed by atoms with van der Waals surface area (Å²) in [7, 11) is 0. The van der Waals surface area contributed by atoms with Crippen molar-refractivity contribution in [3.63, 3.8) is 0 Å². The highest BCUT2D eigenvalue weighted by molar-refractivity contribution is 5.95. The van der Waals surface area contributed by atoms with Crippen LogP contribution in [0.15, 0.2) is 18.2 Å². The first-order valence-electron chi connectivity index (χ1n) is 6.62. The number of phenolic OH excluding ortho intramolecular Hbond substituents is 2. The average Bonchev–Trinajstić information content (AvgIpc) is 2.82. The first kappa shape index (κ1) is 13.7. The third-order valence-electron chi connectivity index (χ3n) is 3.53. The van der Waals surface area contributed by atoms with Crippen LogP contribution >= 0.6 is 0 Å². The van der Waals surface area contributed by atoms with Crippen LogP contribution in [0.2, 0.25) is 0 Å². The Kier molecular flexibility index (Phi) is 4.27. The van der Waals surface area contributed by atoms with E-state index in [2.05, 4.69) is 17.1 Å². The zero-order valence-corrected chi connectivity index (χ0v) is 11.1. The van der Waals surface area contributed by atoms with Crippen LogP contribution in [-0.2, 0) is 0 Å². The first-order chi connectivity index (χ1) is 9.08. The second-order valence-electron chi connectivity index (χ2n) is 5.00. The highest BCUT2D eigenvalue weighted by atomic mass is 16.3. The zero-order valence-electron chi connectivity index (χ0n) is 11.1. The molecule has 5 nitrogen and oxygen atoms in total. The molecule has 0 bridgehead atoms. The highest BCUT2D eigenvalue weighted by Crippen LogP contribution is 2.20. The Hall–Kier alpha value is -1.75. The molecule has 1 aliphatic rings. The SMILES string of the molecule is CCN1CCC(CNC(=O)c2cc(O)cc(O)c2)C1. The van der Waals surface area contributed by atoms with Crippen LogP contribution < -0.4 is 5.32 Å². The molecule has 104 valence electrons. The minimum absolute atomic E-state index is 0.108. The van der Waals surface area contributed by atoms with Crippen molar-refractivity contribution in [2.75, 3.05) is 26.2 Å². The Bertz CT molecular complexity index is 442. The minimum Gasteiger partial charge on any atom is -0.508 e. The van der Waals surface area contributed by atoms with Crippen LogP contribution in [0.5, 0.6) is 11.5 Å². The number of nitrogens with one attached hydrogen (secondary N) is 1. The maximum absolute atomic E-state index is 11.9. The maximum Gasteiger partial charge on any atom is 0.251 e. The number of likely N-dealkylation sites (tertiary alicyclic amines) is 1. The van der Waals surface area contributed by atoms with Gasteiger partial charge in [0.25, 0.3) is 5.91 Å². The lowest BCUT2D eigenvalue weighted by molar-refractivity contribution is 0.0946. The van der Waals surface area contributed by atoms with E-state index >= 15 is 0 Å². The Labute approximate surface area is 112 Å². The van der Waals surface area contributed by atoms with Crippen LogP contribution in [0.25, 0.3) is 0 Å². The molecule has 19 heavy (non-hydrogen) atoms. The highest BCUT2D eigenvalue weighted by Gasteiger charge is 2.21. The van der Waals surface area contributed by atoms with Gasteiger partial charge in [0, 0.05) is 24.7 Å². The summed E-state index contributed by atoms with van der Waals surface area (Å²) in [6, 6.07) is 3.90. The number of phenols is 2. The molecule has 1 aromatic carbocycles. The molecule has 0 radical (unpaired) electrons. The van der Waals surface area contributed by atoms with Gasteiger partial charge in [-0.25, -0.2) is 0 Å². The van der Waals surface area contributed by atoms with Gasteiger partial charge in [0.2, 0.25) is 0 Å². The summed E-state index contributed by atoms with van der Waals surface area (Å²) in [4.78, 5) is 14.3. The predicted octanol–water partition coefficient (Wildman–Crippen LogP) is 1.17. The minimum atomic E-state index is -0.263. The van der Waals surface area contributed by atoms with Crippen molar-refractivity contribution >= 4 is 5.91 Å². The van der Waals surface area contributed by atoms with Crippen LogP contribution in [0.4, 0.5) is 0 Å². The normalized spacial score (nSPS) is 19.5. The van der Waals surface area contributed by atoms with E-state index in [4.69, 9.17) is 0 Å². The van der Waals surface area contributed by atoms with E-state index in [0.29, 0.717) is 12.5 Å². The van der Waals surface area contributed by atoms with E-state index in [1.165, 1.54) is 18.2 Å². The van der Waals surface area contributed by atoms with Gasteiger partial charge in [-0.15, -0.1) is 0 Å². The Morgan fingerprint density at radius 2 is 2.05 bits per heavy atom. The van der Waals surface area contributed by atoms with E-state index in [1.807, 2.05) is 0 Å². The fourth-order valence-electron chi connectivity index (χ4n) is 2.43. The van der Waals surface area contributed by atoms with Gasteiger partial charge in [-0.3, -0.25) is 4.79 Å². The van der Waals surface area contributed by atoms with Crippen molar-refractivity contribution in [2.24, 2.45) is 5.92 Å². The van der Waals surface area contributed by atoms with Crippen LogP contribution in [0.1, 0.15) is 23.7 Å². The smallest absolute Gasteiger partial charge is 0.251 e. The monoisotopic (exact) mass is 264 g/mol. The molecule has 0 aliphatic carbocycles. The second-order valence-corrected chi connectivity index (χ2v) is 5.00. The van der Waals surface area contributed by atoms with Gasteiger partial charge < -0.3 is 20.4 Å². The lowest BCUT2D eigenvalue weighted by Gasteiger charge is -2.13. The number of nitrogens with zero attached hydrogens (tertiary/aromatic N) is 1. The molecule has 1 atom stereocenters. The van der Waals surface area contributed by atoms with E-state index in [-0.39, 0.29) is 23.0 Å². The number of carbonyl (C=O) groups is 1. The first-order valence-corrected chi connectivity index (χ1v) is 6.62. The third-order valence-corrected chi connectivity index (χ3v) is 3.53. The number of carbonyl (C=O) groups excluding carboxylic acids is 1. The summed E-state index contributed by atoms with van der Waals surface area (Å²) in [6.45, 7) is 5.92. The molecule has 1 heterocycles. The van der Waals surface area contributed by atoms with Gasteiger partial charge in [0.15, 0.2) is 0 Å². The largest absolute Gasteiger partial charge is 0.508 e. The molecular weight excluding hydrogens is 244 g/mol. The van der Waals surface area contributed by atoms with Gasteiger partial charge in [0.1, 0.15) is 11.5 Å². The summed E-state index contributed by atoms with van der Waals surface area (Å²) in [5.41, 5.74) is 0.280. The Balaban J connectivity index is 1.87. The number of benzene rings is 1. The molecule has 5 heteroatoms. The van der Waals surface area contributed by atoms with Crippen LogP contribution in [-0.4, -0.2) is 47.2 Å². The van der Waals surface area contributed by atoms with E-state index < -0.39 is 0 Å². The zero-order chi connectivity index (χ0) is 13.8. The van der Waals surface area contributed by atoms with E-state index in [0.717, 1.165) is 26.1 Å². The number of rotatable bonds is 4. The maximum atomic E-state index is 11.9. The fraction of sp³-hybridized carbons (Fsp3) is 0.500. The van der Waals surface area contributed by atoms with Crippen molar-refractivity contribution in [2.45, 2.75) is 13.3 Å². The summed E-state index contributed by atoms with van der Waals surface area (Å²) in [5.74, 6) is 0.00213. The van der Waals surface area contributed by atoms with Crippen molar-refractivity contribution in [3.8, 4) is 11.5 Å². The molecule has 2 rings (SSSR count). The molecule has 3 N–H and O–H groups in total. The molecular formula is C14H20N2O3. The molecule has 1 amide bonds. The summed E-state index contributed by atoms with van der Waals surface area (Å²) in [5, 5.41) is 21.5. The van der Waals surface area contributed by atoms with E-state index in [1.54, 1.807) is 0 Å². The molecule has 1 fully saturated rings. The molecule has 1 unspecified atom stereocenters. The van der Waals surface area contributed by atoms with Crippen molar-refractivity contribution in [3.05, 3.63) is 23.8 Å². The lowest BCUT2D eigenvalue weighted by Crippen LogP contribution is -2.30. The predicted molar refractivity (Wildman–Crippen MR) is 72.3 cm³/mol. The molecule has 1 aromatic rings. The quantitative estimate of drug-likeness (QED) is 0.763. The fourth-order valence-corrected chi connectivity index (χ4v) is 2.43. The van der Waals surface area contributed by atoms with Crippen molar-refractivity contribution < 1.29 is 15.0 Å². The number of amides is 1. The Morgan fingerprint density at radius 1 is 1.37 bits per heavy atom. The molecule has 1 saturated heterocycles. The molecule has 1 aliphatic heterocycles. The van der Waals surface area contributed by atoms with Gasteiger partial charge in [-0.2, -0.15) is 0 Å². The van der Waals surface area contributed by atoms with Crippen LogP contribution in [0.3, 0.4) is 0 Å². The van der Waals surface area contributed by atoms with Gasteiger partial charge >= 0.3 is 0 Å². The van der Waals surface area contributed by atoms with Gasteiger partial charge in [0.05, 0.1) is 0 Å². The summed E-state index contributed by atoms with van der Waals surface area (Å²) >= 11 is 0. The average molecular weight is 264 g/mol. The standard InChI is InChI=1S/C14H20N2O3/c1-2-16-4-3-10(9-16)8-15-14(19)11-5-12(17)7-13(18)6-11/h5-7,10,17-18H,2-4,8-9H2,1H3,(H,15,19). The van der Waals surface area contributed by atoms with Crippen LogP contribution in [0, 0.1) is 5.92 Å². The van der Waals surface area contributed by atoms with Gasteiger partial charge in [-0.1, -0.05) is 6.92 Å². The topological polar surface area (TPSA) is 72.8 Å². The molecule has 0 spiro atoms. The molecule has 0 aromatic heterocycles. The molecule has 0 saturated carbocycles. The number of aromatic hydroxyl groups is 2. The third kappa shape index (κ3) is 3.61. The number of hydrogen-bond acceptors (Lipinski definition) is 4. The second kappa shape index (κ2) is 5.93. The van der Waals surface area contributed by atoms with Crippen molar-refractivity contribution in [1.82, 2.24) is 10.2 Å². The van der Waals surface area contributed by atoms with Crippen molar-refractivity contribution in [1.29, 1.82) is 0 Å². The number of hydrogen-bond donors (Lipinski definition) is 3. The van der Waals surface area contributed by atoms with Gasteiger partial charge in [-0.05, 0) is 37.6 Å². The Morgan fingerprint density at radius 3 is 2.63 bits per heavy atom.